The summed E-state index contributed by atoms with van der Waals surface area (Å²) < 4.78 is 2.14. The number of fused-ring (bicyclic) bond motifs is 1. The van der Waals surface area contributed by atoms with Crippen LogP contribution in [0.25, 0.3) is 10.9 Å². The van der Waals surface area contributed by atoms with Crippen LogP contribution in [0.4, 0.5) is 0 Å². The molecular weight excluding hydrogens is 260 g/mol. The average molecular weight is 278 g/mol. The van der Waals surface area contributed by atoms with E-state index in [1.807, 2.05) is 24.5 Å². The summed E-state index contributed by atoms with van der Waals surface area (Å²) in [4.78, 5) is 4.34. The van der Waals surface area contributed by atoms with Crippen LogP contribution in [0.5, 0.6) is 0 Å². The first-order valence-corrected chi connectivity index (χ1v) is 7.47. The van der Waals surface area contributed by atoms with Crippen molar-refractivity contribution in [3.05, 3.63) is 66.1 Å². The Bertz CT molecular complexity index is 773. The van der Waals surface area contributed by atoms with E-state index in [9.17, 15) is 5.11 Å². The molecule has 1 aliphatic rings. The topological polar surface area (TPSA) is 38.0 Å². The molecule has 1 unspecified atom stereocenters. The fourth-order valence-electron chi connectivity index (χ4n) is 2.85. The van der Waals surface area contributed by atoms with Gasteiger partial charge in [-0.1, -0.05) is 12.1 Å². The first-order chi connectivity index (χ1) is 10.3. The summed E-state index contributed by atoms with van der Waals surface area (Å²) in [5.74, 6) is 0.479. The van der Waals surface area contributed by atoms with Crippen molar-refractivity contribution in [2.24, 2.45) is 5.92 Å². The van der Waals surface area contributed by atoms with Crippen LogP contribution in [0.2, 0.25) is 0 Å². The third-order valence-corrected chi connectivity index (χ3v) is 4.22. The lowest BCUT2D eigenvalue weighted by Crippen LogP contribution is -1.99. The second-order valence-corrected chi connectivity index (χ2v) is 5.93. The van der Waals surface area contributed by atoms with Crippen molar-refractivity contribution in [3.8, 4) is 0 Å². The van der Waals surface area contributed by atoms with Crippen LogP contribution in [-0.4, -0.2) is 14.7 Å². The van der Waals surface area contributed by atoms with Gasteiger partial charge in [0.15, 0.2) is 0 Å². The van der Waals surface area contributed by atoms with Gasteiger partial charge in [-0.2, -0.15) is 0 Å². The molecule has 0 amide bonds. The molecule has 2 aromatic heterocycles. The molecule has 1 N–H and O–H groups in total. The highest BCUT2D eigenvalue weighted by Crippen LogP contribution is 2.40. The Balaban J connectivity index is 1.56. The zero-order valence-electron chi connectivity index (χ0n) is 11.8. The van der Waals surface area contributed by atoms with Gasteiger partial charge in [0, 0.05) is 30.5 Å². The van der Waals surface area contributed by atoms with Crippen molar-refractivity contribution in [1.82, 2.24) is 9.55 Å². The predicted molar refractivity (Wildman–Crippen MR) is 83.0 cm³/mol. The highest BCUT2D eigenvalue weighted by Gasteiger charge is 2.31. The third kappa shape index (κ3) is 2.57. The van der Waals surface area contributed by atoms with Gasteiger partial charge in [-0.25, -0.2) is 0 Å². The maximum atomic E-state index is 10.2. The quantitative estimate of drug-likeness (QED) is 0.793. The highest BCUT2D eigenvalue weighted by atomic mass is 16.3. The highest BCUT2D eigenvalue weighted by molar-refractivity contribution is 5.78. The Kier molecular flexibility index (Phi) is 3.00. The second-order valence-electron chi connectivity index (χ2n) is 5.93. The third-order valence-electron chi connectivity index (χ3n) is 4.22. The van der Waals surface area contributed by atoms with E-state index >= 15 is 0 Å². The maximum Gasteiger partial charge on any atom is 0.0832 e. The largest absolute Gasteiger partial charge is 0.388 e. The number of hydrogen-bond acceptors (Lipinski definition) is 2. The Labute approximate surface area is 123 Å². The van der Waals surface area contributed by atoms with Crippen LogP contribution in [-0.2, 0) is 6.54 Å². The van der Waals surface area contributed by atoms with Crippen LogP contribution in [0.15, 0.2) is 55.0 Å². The van der Waals surface area contributed by atoms with E-state index in [-0.39, 0.29) is 6.10 Å². The molecule has 0 bridgehead atoms. The summed E-state index contributed by atoms with van der Waals surface area (Å²) >= 11 is 0. The van der Waals surface area contributed by atoms with Gasteiger partial charge in [-0.15, -0.1) is 0 Å². The fourth-order valence-corrected chi connectivity index (χ4v) is 2.85. The minimum absolute atomic E-state index is 0.285. The molecule has 3 heteroatoms. The van der Waals surface area contributed by atoms with E-state index in [0.717, 1.165) is 30.5 Å². The number of nitrogens with zero attached hydrogens (tertiary/aromatic N) is 2. The molecule has 2 heterocycles. The first kappa shape index (κ1) is 12.6. The van der Waals surface area contributed by atoms with Crippen molar-refractivity contribution < 1.29 is 5.11 Å². The van der Waals surface area contributed by atoms with Gasteiger partial charge < -0.3 is 9.67 Å². The van der Waals surface area contributed by atoms with Crippen LogP contribution >= 0.6 is 0 Å². The molecule has 0 aliphatic heterocycles. The lowest BCUT2D eigenvalue weighted by atomic mass is 10.1. The molecule has 21 heavy (non-hydrogen) atoms. The van der Waals surface area contributed by atoms with Crippen molar-refractivity contribution in [2.45, 2.75) is 25.5 Å². The van der Waals surface area contributed by atoms with E-state index in [2.05, 4.69) is 40.0 Å². The number of hydrogen-bond donors (Lipinski definition) is 1. The molecule has 1 atom stereocenters. The van der Waals surface area contributed by atoms with Crippen LogP contribution in [0.3, 0.4) is 0 Å². The molecule has 1 saturated carbocycles. The van der Waals surface area contributed by atoms with Gasteiger partial charge in [0.2, 0.25) is 0 Å². The zero-order chi connectivity index (χ0) is 14.2. The van der Waals surface area contributed by atoms with E-state index < -0.39 is 0 Å². The SMILES string of the molecule is OC(c1ccn(Cc2ccc3ncccc3c2)c1)C1CC1. The second kappa shape index (κ2) is 5.01. The smallest absolute Gasteiger partial charge is 0.0832 e. The number of aliphatic hydroxyl groups excluding tert-OH is 1. The molecule has 0 saturated heterocycles. The van der Waals surface area contributed by atoms with Crippen molar-refractivity contribution >= 4 is 10.9 Å². The lowest BCUT2D eigenvalue weighted by Gasteiger charge is -2.07. The van der Waals surface area contributed by atoms with Crippen LogP contribution in [0, 0.1) is 5.92 Å². The van der Waals surface area contributed by atoms with Crippen LogP contribution < -0.4 is 0 Å². The summed E-state index contributed by atoms with van der Waals surface area (Å²) in [7, 11) is 0. The van der Waals surface area contributed by atoms with Gasteiger partial charge in [0.1, 0.15) is 0 Å². The molecule has 0 radical (unpaired) electrons. The number of aliphatic hydroxyl groups is 1. The fraction of sp³-hybridized carbons (Fsp3) is 0.278. The minimum atomic E-state index is -0.285. The summed E-state index contributed by atoms with van der Waals surface area (Å²) in [6.45, 7) is 0.822. The van der Waals surface area contributed by atoms with E-state index in [1.54, 1.807) is 0 Å². The molecule has 1 fully saturated rings. The zero-order valence-corrected chi connectivity index (χ0v) is 11.8. The van der Waals surface area contributed by atoms with E-state index in [1.165, 1.54) is 10.9 Å². The maximum absolute atomic E-state index is 10.2. The average Bonchev–Trinajstić information content (AvgIpc) is 3.26. The summed E-state index contributed by atoms with van der Waals surface area (Å²) in [5, 5.41) is 11.3. The van der Waals surface area contributed by atoms with Crippen LogP contribution in [0.1, 0.15) is 30.1 Å². The predicted octanol–water partition coefficient (Wildman–Crippen LogP) is 3.53. The number of aromatic nitrogens is 2. The summed E-state index contributed by atoms with van der Waals surface area (Å²) in [5.41, 5.74) is 3.32. The van der Waals surface area contributed by atoms with Gasteiger partial charge in [0.25, 0.3) is 0 Å². The molecule has 1 aromatic carbocycles. The Hall–Kier alpha value is -2.13. The van der Waals surface area contributed by atoms with Crippen molar-refractivity contribution in [1.29, 1.82) is 0 Å². The molecule has 3 aromatic rings. The van der Waals surface area contributed by atoms with Crippen molar-refractivity contribution in [3.63, 3.8) is 0 Å². The molecular formula is C18H18N2O. The molecule has 4 rings (SSSR count). The Morgan fingerprint density at radius 2 is 2.14 bits per heavy atom. The summed E-state index contributed by atoms with van der Waals surface area (Å²) in [6.07, 6.45) is 7.96. The van der Waals surface area contributed by atoms with Gasteiger partial charge >= 0.3 is 0 Å². The number of benzene rings is 1. The first-order valence-electron chi connectivity index (χ1n) is 7.47. The molecule has 3 nitrogen and oxygen atoms in total. The van der Waals surface area contributed by atoms with Gasteiger partial charge in [-0.3, -0.25) is 4.98 Å². The van der Waals surface area contributed by atoms with Gasteiger partial charge in [0.05, 0.1) is 11.6 Å². The van der Waals surface area contributed by atoms with E-state index in [4.69, 9.17) is 0 Å². The number of rotatable bonds is 4. The van der Waals surface area contributed by atoms with Gasteiger partial charge in [-0.05, 0) is 54.2 Å². The monoisotopic (exact) mass is 278 g/mol. The Morgan fingerprint density at radius 1 is 1.24 bits per heavy atom. The Morgan fingerprint density at radius 3 is 3.00 bits per heavy atom. The van der Waals surface area contributed by atoms with Crippen molar-refractivity contribution in [2.75, 3.05) is 0 Å². The number of pyridine rings is 1. The minimum Gasteiger partial charge on any atom is -0.388 e. The standard InChI is InChI=1S/C18H18N2O/c21-18(14-4-5-14)16-7-9-20(12-16)11-13-3-6-17-15(10-13)2-1-8-19-17/h1-3,6-10,12,14,18,21H,4-5,11H2. The molecule has 106 valence electrons. The lowest BCUT2D eigenvalue weighted by molar-refractivity contribution is 0.154. The normalized spacial score (nSPS) is 16.2. The molecule has 1 aliphatic carbocycles. The van der Waals surface area contributed by atoms with E-state index in [0.29, 0.717) is 5.92 Å². The molecule has 0 spiro atoms. The summed E-state index contributed by atoms with van der Waals surface area (Å²) in [6, 6.07) is 12.4.